The fourth-order valence-electron chi connectivity index (χ4n) is 5.73. The molecule has 2 fully saturated rings. The molecular formula is C34H35N5O4S2. The van der Waals surface area contributed by atoms with Crippen molar-refractivity contribution in [2.75, 3.05) is 51.8 Å². The molecule has 0 atom stereocenters. The van der Waals surface area contributed by atoms with Crippen molar-refractivity contribution in [3.63, 3.8) is 0 Å². The van der Waals surface area contributed by atoms with E-state index in [9.17, 15) is 9.59 Å². The zero-order valence-electron chi connectivity index (χ0n) is 25.6. The smallest absolute Gasteiger partial charge is 0.267 e. The Bertz CT molecular complexity index is 1830. The van der Waals surface area contributed by atoms with Crippen LogP contribution in [0, 0.1) is 6.92 Å². The largest absolute Gasteiger partial charge is 0.493 e. The Morgan fingerprint density at radius 3 is 2.42 bits per heavy atom. The first kappa shape index (κ1) is 30.8. The Balaban J connectivity index is 1.26. The predicted octanol–water partition coefficient (Wildman–Crippen LogP) is 4.79. The third-order valence-electron chi connectivity index (χ3n) is 8.21. The van der Waals surface area contributed by atoms with Crippen LogP contribution in [0.4, 0.5) is 5.82 Å². The Labute approximate surface area is 272 Å². The number of fused-ring (bicyclic) bond motifs is 1. The van der Waals surface area contributed by atoms with E-state index in [1.807, 2.05) is 43.3 Å². The molecule has 4 aromatic rings. The molecule has 11 heteroatoms. The highest BCUT2D eigenvalue weighted by molar-refractivity contribution is 8.26. The molecule has 2 aromatic heterocycles. The van der Waals surface area contributed by atoms with Crippen LogP contribution in [0.5, 0.6) is 11.5 Å². The van der Waals surface area contributed by atoms with Crippen LogP contribution in [0.2, 0.25) is 0 Å². The summed E-state index contributed by atoms with van der Waals surface area (Å²) < 4.78 is 12.8. The van der Waals surface area contributed by atoms with Crippen molar-refractivity contribution >= 4 is 51.7 Å². The maximum Gasteiger partial charge on any atom is 0.267 e. The van der Waals surface area contributed by atoms with Gasteiger partial charge in [0.25, 0.3) is 11.5 Å². The van der Waals surface area contributed by atoms with Gasteiger partial charge in [-0.05, 0) is 54.3 Å². The monoisotopic (exact) mass is 641 g/mol. The minimum Gasteiger partial charge on any atom is -0.493 e. The first-order chi connectivity index (χ1) is 21.9. The number of aryl methyl sites for hydroxylation is 1. The molecule has 1 amide bonds. The standard InChI is InChI=1S/C34H35N5O4S2/c1-23-8-7-14-38-30(23)35-31(37-18-16-36(17-19-37)22-25-9-5-4-6-10-25)26(32(38)40)21-29-33(41)39(34(44)45-29)15-13-24-11-12-27(42-2)28(20-24)43-3/h4-12,14,20-21H,13,15-19,22H2,1-3H3. The van der Waals surface area contributed by atoms with Crippen LogP contribution in [0.3, 0.4) is 0 Å². The molecule has 4 heterocycles. The average molecular weight is 642 g/mol. The van der Waals surface area contributed by atoms with Crippen molar-refractivity contribution in [3.05, 3.63) is 104 Å². The normalized spacial score (nSPS) is 16.6. The minimum absolute atomic E-state index is 0.207. The van der Waals surface area contributed by atoms with Crippen LogP contribution in [-0.2, 0) is 17.8 Å². The van der Waals surface area contributed by atoms with Crippen molar-refractivity contribution in [3.8, 4) is 11.5 Å². The Kier molecular flexibility index (Phi) is 9.20. The number of nitrogens with zero attached hydrogens (tertiary/aromatic N) is 5. The highest BCUT2D eigenvalue weighted by atomic mass is 32.2. The lowest BCUT2D eigenvalue weighted by molar-refractivity contribution is -0.122. The Morgan fingerprint density at radius 2 is 1.69 bits per heavy atom. The number of benzene rings is 2. The Morgan fingerprint density at radius 1 is 0.933 bits per heavy atom. The third-order valence-corrected chi connectivity index (χ3v) is 9.58. The molecule has 0 radical (unpaired) electrons. The second-order valence-electron chi connectivity index (χ2n) is 11.1. The van der Waals surface area contributed by atoms with E-state index in [0.717, 1.165) is 30.8 Å². The van der Waals surface area contributed by atoms with E-state index in [1.54, 1.807) is 35.8 Å². The molecular weight excluding hydrogens is 607 g/mol. The van der Waals surface area contributed by atoms with E-state index >= 15 is 0 Å². The van der Waals surface area contributed by atoms with Gasteiger partial charge in [-0.3, -0.25) is 23.8 Å². The summed E-state index contributed by atoms with van der Waals surface area (Å²) in [5.41, 5.74) is 3.98. The quantitative estimate of drug-likeness (QED) is 0.189. The van der Waals surface area contributed by atoms with Gasteiger partial charge >= 0.3 is 0 Å². The molecule has 2 aromatic carbocycles. The molecule has 0 N–H and O–H groups in total. The van der Waals surface area contributed by atoms with E-state index in [-0.39, 0.29) is 11.5 Å². The van der Waals surface area contributed by atoms with Crippen LogP contribution in [0.25, 0.3) is 11.7 Å². The molecule has 0 spiro atoms. The molecule has 6 rings (SSSR count). The summed E-state index contributed by atoms with van der Waals surface area (Å²) >= 11 is 6.85. The molecule has 9 nitrogen and oxygen atoms in total. The lowest BCUT2D eigenvalue weighted by Gasteiger charge is -2.36. The number of hydrogen-bond donors (Lipinski definition) is 0. The van der Waals surface area contributed by atoms with Crippen LogP contribution in [0.1, 0.15) is 22.3 Å². The highest BCUT2D eigenvalue weighted by Crippen LogP contribution is 2.34. The topological polar surface area (TPSA) is 79.6 Å². The number of hydrogen-bond acceptors (Lipinski definition) is 9. The van der Waals surface area contributed by atoms with Crippen molar-refractivity contribution in [1.29, 1.82) is 0 Å². The van der Waals surface area contributed by atoms with Gasteiger partial charge in [0.15, 0.2) is 11.5 Å². The average Bonchev–Trinajstić information content (AvgIpc) is 3.33. The molecule has 45 heavy (non-hydrogen) atoms. The lowest BCUT2D eigenvalue weighted by Crippen LogP contribution is -2.47. The highest BCUT2D eigenvalue weighted by Gasteiger charge is 2.33. The second kappa shape index (κ2) is 13.4. The fraction of sp³-hybridized carbons (Fsp3) is 0.294. The van der Waals surface area contributed by atoms with E-state index in [4.69, 9.17) is 26.7 Å². The minimum atomic E-state index is -0.210. The van der Waals surface area contributed by atoms with Crippen LogP contribution < -0.4 is 19.9 Å². The van der Waals surface area contributed by atoms with Crippen molar-refractivity contribution in [2.24, 2.45) is 0 Å². The van der Waals surface area contributed by atoms with Gasteiger partial charge in [-0.15, -0.1) is 0 Å². The summed E-state index contributed by atoms with van der Waals surface area (Å²) in [6, 6.07) is 19.9. The van der Waals surface area contributed by atoms with Crippen LogP contribution in [-0.4, -0.2) is 76.4 Å². The number of aromatic nitrogens is 2. The van der Waals surface area contributed by atoms with Crippen molar-refractivity contribution in [1.82, 2.24) is 19.2 Å². The molecule has 2 saturated heterocycles. The number of pyridine rings is 1. The maximum absolute atomic E-state index is 14.0. The van der Waals surface area contributed by atoms with Crippen molar-refractivity contribution < 1.29 is 14.3 Å². The van der Waals surface area contributed by atoms with Gasteiger partial charge in [0.2, 0.25) is 0 Å². The maximum atomic E-state index is 14.0. The summed E-state index contributed by atoms with van der Waals surface area (Å²) in [5, 5.41) is 0. The van der Waals surface area contributed by atoms with Crippen LogP contribution in [0.15, 0.2) is 76.6 Å². The number of carbonyl (C=O) groups excluding carboxylic acids is 1. The summed E-state index contributed by atoms with van der Waals surface area (Å²) in [5.74, 6) is 1.67. The number of ether oxygens (including phenoxy) is 2. The fourth-order valence-corrected chi connectivity index (χ4v) is 7.02. The summed E-state index contributed by atoms with van der Waals surface area (Å²) in [4.78, 5) is 39.2. The Hall–Kier alpha value is -4.19. The zero-order valence-corrected chi connectivity index (χ0v) is 27.2. The first-order valence-electron chi connectivity index (χ1n) is 14.9. The van der Waals surface area contributed by atoms with Gasteiger partial charge in [0, 0.05) is 45.5 Å². The van der Waals surface area contributed by atoms with Crippen LogP contribution >= 0.6 is 24.0 Å². The van der Waals surface area contributed by atoms with Gasteiger partial charge in [0.1, 0.15) is 15.8 Å². The van der Waals surface area contributed by atoms with Crippen molar-refractivity contribution in [2.45, 2.75) is 19.9 Å². The molecule has 0 saturated carbocycles. The number of amides is 1. The van der Waals surface area contributed by atoms with Gasteiger partial charge in [-0.1, -0.05) is 66.4 Å². The molecule has 0 bridgehead atoms. The molecule has 0 unspecified atom stereocenters. The predicted molar refractivity (Wildman–Crippen MR) is 183 cm³/mol. The van der Waals surface area contributed by atoms with E-state index < -0.39 is 0 Å². The number of thiocarbonyl (C=S) groups is 1. The summed E-state index contributed by atoms with van der Waals surface area (Å²) in [6.45, 7) is 6.33. The molecule has 232 valence electrons. The number of methoxy groups -OCH3 is 2. The molecule has 0 aliphatic carbocycles. The van der Waals surface area contributed by atoms with Gasteiger partial charge in [0.05, 0.1) is 24.7 Å². The molecule has 2 aliphatic heterocycles. The zero-order chi connectivity index (χ0) is 31.5. The number of rotatable bonds is 9. The SMILES string of the molecule is COc1ccc(CCN2C(=O)C(=Cc3c(N4CCN(Cc5ccccc5)CC4)nc4c(C)cccn4c3=O)SC2=S)cc1OC. The number of carbonyl (C=O) groups is 1. The van der Waals surface area contributed by atoms with Gasteiger partial charge in [-0.2, -0.15) is 0 Å². The first-order valence-corrected chi connectivity index (χ1v) is 16.1. The summed E-state index contributed by atoms with van der Waals surface area (Å²) in [7, 11) is 3.19. The van der Waals surface area contributed by atoms with Gasteiger partial charge < -0.3 is 14.4 Å². The third kappa shape index (κ3) is 6.47. The molecule has 2 aliphatic rings. The number of thioether (sulfide) groups is 1. The van der Waals surface area contributed by atoms with E-state index in [0.29, 0.717) is 63.8 Å². The second-order valence-corrected chi connectivity index (χ2v) is 12.7. The van der Waals surface area contributed by atoms with E-state index in [1.165, 1.54) is 17.3 Å². The van der Waals surface area contributed by atoms with Gasteiger partial charge in [-0.25, -0.2) is 4.98 Å². The number of anilines is 1. The summed E-state index contributed by atoms with van der Waals surface area (Å²) in [6.07, 6.45) is 3.99. The number of piperazine rings is 1. The van der Waals surface area contributed by atoms with E-state index in [2.05, 4.69) is 34.1 Å². The lowest BCUT2D eigenvalue weighted by atomic mass is 10.1.